The minimum atomic E-state index is -0.484. The molecule has 2 aromatic carbocycles. The maximum atomic E-state index is 14.5. The lowest BCUT2D eigenvalue weighted by Crippen LogP contribution is -2.42. The lowest BCUT2D eigenvalue weighted by Gasteiger charge is -2.39. The van der Waals surface area contributed by atoms with Crippen LogP contribution in [0.5, 0.6) is 0 Å². The van der Waals surface area contributed by atoms with Crippen molar-refractivity contribution in [3.8, 4) is 0 Å². The number of hydrogen-bond acceptors (Lipinski definition) is 4. The Hall–Kier alpha value is -3.87. The molecular formula is C33H40N4O3. The lowest BCUT2D eigenvalue weighted by molar-refractivity contribution is 0.131. The van der Waals surface area contributed by atoms with Gasteiger partial charge in [-0.25, -0.2) is 9.59 Å². The average molecular weight is 541 g/mol. The summed E-state index contributed by atoms with van der Waals surface area (Å²) in [7, 11) is 0. The quantitative estimate of drug-likeness (QED) is 0.236. The molecule has 2 N–H and O–H groups in total. The minimum absolute atomic E-state index is 0.142. The number of nitrogens with one attached hydrogen (secondary N) is 2. The number of nitrogens with zero attached hydrogens (tertiary/aromatic N) is 2. The minimum Gasteiger partial charge on any atom is -0.408 e. The number of benzene rings is 2. The van der Waals surface area contributed by atoms with Crippen molar-refractivity contribution in [1.29, 1.82) is 0 Å². The molecule has 0 aliphatic heterocycles. The first kappa shape index (κ1) is 27.7. The van der Waals surface area contributed by atoms with E-state index in [4.69, 9.17) is 9.40 Å². The third-order valence-electron chi connectivity index (χ3n) is 8.12. The number of para-hydroxylation sites is 1. The number of urea groups is 1. The first-order chi connectivity index (χ1) is 19.3. The Labute approximate surface area is 236 Å². The molecule has 4 aromatic rings. The van der Waals surface area contributed by atoms with Gasteiger partial charge in [-0.05, 0) is 71.6 Å². The highest BCUT2D eigenvalue weighted by molar-refractivity contribution is 5.92. The molecule has 210 valence electrons. The molecule has 1 unspecified atom stereocenters. The summed E-state index contributed by atoms with van der Waals surface area (Å²) < 4.78 is 5.22. The highest BCUT2D eigenvalue weighted by atomic mass is 16.4. The third kappa shape index (κ3) is 5.98. The zero-order valence-corrected chi connectivity index (χ0v) is 23.9. The summed E-state index contributed by atoms with van der Waals surface area (Å²) >= 11 is 0. The van der Waals surface area contributed by atoms with Gasteiger partial charge < -0.3 is 14.6 Å². The van der Waals surface area contributed by atoms with Crippen LogP contribution in [0.1, 0.15) is 100 Å². The van der Waals surface area contributed by atoms with E-state index in [1.54, 1.807) is 6.07 Å². The number of carbonyl (C=O) groups is 1. The first-order valence-corrected chi connectivity index (χ1v) is 14.5. The molecule has 0 bridgehead atoms. The summed E-state index contributed by atoms with van der Waals surface area (Å²) in [5, 5.41) is 3.38. The van der Waals surface area contributed by atoms with Crippen molar-refractivity contribution < 1.29 is 9.21 Å². The van der Waals surface area contributed by atoms with Crippen molar-refractivity contribution in [2.75, 3.05) is 5.32 Å². The predicted octanol–water partition coefficient (Wildman–Crippen LogP) is 8.12. The van der Waals surface area contributed by atoms with Gasteiger partial charge in [-0.15, -0.1) is 0 Å². The van der Waals surface area contributed by atoms with E-state index in [9.17, 15) is 9.59 Å². The second-order valence-electron chi connectivity index (χ2n) is 11.6. The van der Waals surface area contributed by atoms with Crippen molar-refractivity contribution in [1.82, 2.24) is 14.9 Å². The van der Waals surface area contributed by atoms with E-state index in [0.717, 1.165) is 53.8 Å². The van der Waals surface area contributed by atoms with E-state index in [1.165, 1.54) is 6.42 Å². The second-order valence-corrected chi connectivity index (χ2v) is 11.6. The molecule has 1 atom stereocenters. The van der Waals surface area contributed by atoms with Gasteiger partial charge in [-0.2, -0.15) is 0 Å². The molecule has 0 spiro atoms. The Morgan fingerprint density at radius 3 is 2.38 bits per heavy atom. The molecule has 2 heterocycles. The maximum absolute atomic E-state index is 14.5. The number of H-pyrrole nitrogens is 1. The van der Waals surface area contributed by atoms with Crippen molar-refractivity contribution in [3.05, 3.63) is 93.7 Å². The molecule has 1 aliphatic rings. The molecule has 1 fully saturated rings. The summed E-state index contributed by atoms with van der Waals surface area (Å²) in [6.45, 7) is 9.01. The Bertz CT molecular complexity index is 1470. The predicted molar refractivity (Wildman–Crippen MR) is 160 cm³/mol. The van der Waals surface area contributed by atoms with Crippen LogP contribution in [0.25, 0.3) is 11.1 Å². The Morgan fingerprint density at radius 2 is 1.73 bits per heavy atom. The molecule has 0 saturated heterocycles. The van der Waals surface area contributed by atoms with Crippen molar-refractivity contribution >= 4 is 22.8 Å². The van der Waals surface area contributed by atoms with E-state index < -0.39 is 5.76 Å². The van der Waals surface area contributed by atoms with E-state index in [-0.39, 0.29) is 23.9 Å². The summed E-state index contributed by atoms with van der Waals surface area (Å²) in [6.07, 6.45) is 7.45. The van der Waals surface area contributed by atoms with Gasteiger partial charge in [0.2, 0.25) is 0 Å². The number of amides is 2. The van der Waals surface area contributed by atoms with Crippen LogP contribution < -0.4 is 11.1 Å². The largest absolute Gasteiger partial charge is 0.417 e. The van der Waals surface area contributed by atoms with Gasteiger partial charge >= 0.3 is 11.8 Å². The number of hydrogen-bond donors (Lipinski definition) is 2. The number of carbonyl (C=O) groups excluding carboxylic acids is 1. The number of oxazole rings is 1. The molecule has 40 heavy (non-hydrogen) atoms. The average Bonchev–Trinajstić information content (AvgIpc) is 3.33. The van der Waals surface area contributed by atoms with Crippen molar-refractivity contribution in [3.63, 3.8) is 0 Å². The highest BCUT2D eigenvalue weighted by Gasteiger charge is 2.35. The summed E-state index contributed by atoms with van der Waals surface area (Å²) in [5.74, 6) is 0.332. The summed E-state index contributed by atoms with van der Waals surface area (Å²) in [6, 6.07) is 17.6. The van der Waals surface area contributed by atoms with Gasteiger partial charge in [0.05, 0.1) is 17.3 Å². The van der Waals surface area contributed by atoms with Gasteiger partial charge in [-0.3, -0.25) is 9.97 Å². The van der Waals surface area contributed by atoms with E-state index in [1.807, 2.05) is 41.4 Å². The van der Waals surface area contributed by atoms with Gasteiger partial charge in [0.15, 0.2) is 5.58 Å². The fraction of sp³-hybridized carbons (Fsp3) is 0.424. The van der Waals surface area contributed by atoms with Crippen LogP contribution in [0.4, 0.5) is 10.5 Å². The summed E-state index contributed by atoms with van der Waals surface area (Å²) in [4.78, 5) is 35.8. The third-order valence-corrected chi connectivity index (χ3v) is 8.12. The number of anilines is 1. The van der Waals surface area contributed by atoms with Gasteiger partial charge in [-0.1, -0.05) is 77.3 Å². The topological polar surface area (TPSA) is 91.2 Å². The number of fused-ring (bicyclic) bond motifs is 1. The molecule has 2 amide bonds. The maximum Gasteiger partial charge on any atom is 0.417 e. The molecule has 7 heteroatoms. The zero-order chi connectivity index (χ0) is 28.2. The van der Waals surface area contributed by atoms with Crippen LogP contribution in [0, 0.1) is 5.92 Å². The number of aromatic nitrogens is 2. The standard InChI is InChI=1S/C33H40N4O3/c1-21(2)25-13-10-14-26(22(3)4)30(25)36-32(38)37(20-23-16-17-29-28(19-23)35-33(39)40-29)31(24-11-6-5-7-12-24)27-15-8-9-18-34-27/h8-10,13-19,21-22,24,31H,5-7,11-12,20H2,1-4H3,(H,35,39)(H,36,38). The molecule has 2 aromatic heterocycles. The number of pyridine rings is 1. The van der Waals surface area contributed by atoms with Crippen LogP contribution in [-0.4, -0.2) is 20.9 Å². The van der Waals surface area contributed by atoms with Crippen LogP contribution in [0.15, 0.2) is 70.0 Å². The van der Waals surface area contributed by atoms with E-state index >= 15 is 0 Å². The fourth-order valence-corrected chi connectivity index (χ4v) is 6.12. The van der Waals surface area contributed by atoms with E-state index in [2.05, 4.69) is 56.2 Å². The molecule has 0 radical (unpaired) electrons. The van der Waals surface area contributed by atoms with Crippen molar-refractivity contribution in [2.24, 2.45) is 5.92 Å². The molecular weight excluding hydrogens is 500 g/mol. The lowest BCUT2D eigenvalue weighted by atomic mass is 9.81. The van der Waals surface area contributed by atoms with Gasteiger partial charge in [0.1, 0.15) is 0 Å². The highest BCUT2D eigenvalue weighted by Crippen LogP contribution is 2.40. The molecule has 7 nitrogen and oxygen atoms in total. The summed E-state index contributed by atoms with van der Waals surface area (Å²) in [5.41, 5.74) is 6.11. The Balaban J connectivity index is 1.59. The van der Waals surface area contributed by atoms with Crippen LogP contribution in [0.3, 0.4) is 0 Å². The SMILES string of the molecule is CC(C)c1cccc(C(C)C)c1NC(=O)N(Cc1ccc2oc(=O)[nH]c2c1)C(c1ccccn1)C1CCCCC1. The molecule has 1 saturated carbocycles. The van der Waals surface area contributed by atoms with Crippen molar-refractivity contribution in [2.45, 2.75) is 84.2 Å². The van der Waals surface area contributed by atoms with Crippen LogP contribution >= 0.6 is 0 Å². The van der Waals surface area contributed by atoms with E-state index in [0.29, 0.717) is 23.6 Å². The number of aromatic amines is 1. The molecule has 1 aliphatic carbocycles. The fourth-order valence-electron chi connectivity index (χ4n) is 6.12. The Kier molecular flexibility index (Phi) is 8.38. The smallest absolute Gasteiger partial charge is 0.408 e. The molecule has 5 rings (SSSR count). The first-order valence-electron chi connectivity index (χ1n) is 14.5. The van der Waals surface area contributed by atoms with Crippen LogP contribution in [-0.2, 0) is 6.54 Å². The van der Waals surface area contributed by atoms with Crippen LogP contribution in [0.2, 0.25) is 0 Å². The Morgan fingerprint density at radius 1 is 1.00 bits per heavy atom. The second kappa shape index (κ2) is 12.1. The van der Waals surface area contributed by atoms with Gasteiger partial charge in [0.25, 0.3) is 0 Å². The number of rotatable bonds is 8. The zero-order valence-electron chi connectivity index (χ0n) is 23.9. The monoisotopic (exact) mass is 540 g/mol. The van der Waals surface area contributed by atoms with Gasteiger partial charge in [0, 0.05) is 18.4 Å². The normalized spacial score (nSPS) is 15.1.